The number of para-hydroxylation sites is 1. The van der Waals surface area contributed by atoms with E-state index in [0.29, 0.717) is 5.56 Å². The number of halogens is 3. The fourth-order valence-corrected chi connectivity index (χ4v) is 2.76. The number of likely N-dealkylation sites (N-methyl/N-ethyl adjacent to an activating group) is 1. The van der Waals surface area contributed by atoms with Gasteiger partial charge in [0.15, 0.2) is 0 Å². The third-order valence-electron chi connectivity index (χ3n) is 3.97. The molecule has 4 nitrogen and oxygen atoms in total. The number of ether oxygens (including phenoxy) is 1. The Morgan fingerprint density at radius 1 is 1.30 bits per heavy atom. The normalized spacial score (nSPS) is 19.9. The number of carbonyl (C=O) groups excluding carboxylic acids is 1. The first-order valence-electron chi connectivity index (χ1n) is 7.68. The van der Waals surface area contributed by atoms with Gasteiger partial charge in [0.05, 0.1) is 6.04 Å². The third-order valence-corrected chi connectivity index (χ3v) is 3.97. The molecule has 1 aliphatic rings. The lowest BCUT2D eigenvalue weighted by Gasteiger charge is -2.24. The zero-order valence-corrected chi connectivity index (χ0v) is 13.0. The van der Waals surface area contributed by atoms with E-state index in [1.54, 1.807) is 6.07 Å². The maximum atomic E-state index is 12.4. The van der Waals surface area contributed by atoms with Crippen LogP contribution >= 0.6 is 0 Å². The largest absolute Gasteiger partial charge is 0.573 e. The Bertz CT molecular complexity index is 534. The number of rotatable bonds is 4. The van der Waals surface area contributed by atoms with E-state index in [2.05, 4.69) is 10.1 Å². The van der Waals surface area contributed by atoms with Crippen LogP contribution in [0.3, 0.4) is 0 Å². The molecule has 128 valence electrons. The van der Waals surface area contributed by atoms with Gasteiger partial charge in [0.1, 0.15) is 5.75 Å². The second-order valence-corrected chi connectivity index (χ2v) is 5.72. The van der Waals surface area contributed by atoms with Crippen LogP contribution in [0, 0.1) is 0 Å². The molecule has 1 aromatic rings. The second-order valence-electron chi connectivity index (χ2n) is 5.72. The van der Waals surface area contributed by atoms with E-state index in [-0.39, 0.29) is 24.2 Å². The van der Waals surface area contributed by atoms with Crippen molar-refractivity contribution in [2.45, 2.75) is 44.6 Å². The van der Waals surface area contributed by atoms with Crippen LogP contribution in [0.2, 0.25) is 0 Å². The van der Waals surface area contributed by atoms with E-state index in [9.17, 15) is 18.0 Å². The van der Waals surface area contributed by atoms with Gasteiger partial charge in [-0.3, -0.25) is 9.69 Å². The van der Waals surface area contributed by atoms with Gasteiger partial charge < -0.3 is 10.1 Å². The van der Waals surface area contributed by atoms with Crippen molar-refractivity contribution in [1.82, 2.24) is 10.2 Å². The number of likely N-dealkylation sites (tertiary alicyclic amines) is 1. The van der Waals surface area contributed by atoms with Crippen LogP contribution < -0.4 is 10.1 Å². The highest BCUT2D eigenvalue weighted by Crippen LogP contribution is 2.26. The summed E-state index contributed by atoms with van der Waals surface area (Å²) in [7, 11) is 1.90. The quantitative estimate of drug-likeness (QED) is 0.922. The molecule has 1 fully saturated rings. The minimum atomic E-state index is -4.75. The summed E-state index contributed by atoms with van der Waals surface area (Å²) in [4.78, 5) is 14.3. The van der Waals surface area contributed by atoms with Crippen molar-refractivity contribution in [2.24, 2.45) is 0 Å². The first-order valence-corrected chi connectivity index (χ1v) is 7.68. The van der Waals surface area contributed by atoms with Gasteiger partial charge in [-0.15, -0.1) is 13.2 Å². The molecular weight excluding hydrogens is 309 g/mol. The standard InChI is InChI=1S/C16H21F3N2O2/c1-21-10-6-2-3-8-13(21)15(22)20-11-12-7-4-5-9-14(12)23-16(17,18)19/h4-5,7,9,13H,2-3,6,8,10-11H2,1H3,(H,20,22)/t13-/m0/s1. The molecule has 7 heteroatoms. The van der Waals surface area contributed by atoms with Crippen molar-refractivity contribution in [1.29, 1.82) is 0 Å². The summed E-state index contributed by atoms with van der Waals surface area (Å²) in [5.74, 6) is -0.439. The van der Waals surface area contributed by atoms with Crippen LogP contribution in [0.4, 0.5) is 13.2 Å². The minimum absolute atomic E-state index is 0.00935. The first kappa shape index (κ1) is 17.6. The summed E-state index contributed by atoms with van der Waals surface area (Å²) in [5, 5.41) is 2.73. The maximum absolute atomic E-state index is 12.4. The van der Waals surface area contributed by atoms with Gasteiger partial charge in [0.2, 0.25) is 5.91 Å². The van der Waals surface area contributed by atoms with Crippen LogP contribution in [-0.2, 0) is 11.3 Å². The van der Waals surface area contributed by atoms with Crippen LogP contribution in [0.15, 0.2) is 24.3 Å². The van der Waals surface area contributed by atoms with Gasteiger partial charge in [-0.2, -0.15) is 0 Å². The predicted molar refractivity (Wildman–Crippen MR) is 79.9 cm³/mol. The van der Waals surface area contributed by atoms with Crippen LogP contribution in [0.25, 0.3) is 0 Å². The summed E-state index contributed by atoms with van der Waals surface area (Å²) < 4.78 is 41.2. The summed E-state index contributed by atoms with van der Waals surface area (Å²) in [5.41, 5.74) is 0.300. The topological polar surface area (TPSA) is 41.6 Å². The molecule has 23 heavy (non-hydrogen) atoms. The van der Waals surface area contributed by atoms with Gasteiger partial charge in [-0.1, -0.05) is 31.0 Å². The van der Waals surface area contributed by atoms with Gasteiger partial charge >= 0.3 is 6.36 Å². The minimum Gasteiger partial charge on any atom is -0.405 e. The SMILES string of the molecule is CN1CCCCC[C@H]1C(=O)NCc1ccccc1OC(F)(F)F. The molecule has 1 atom stereocenters. The molecule has 1 amide bonds. The van der Waals surface area contributed by atoms with Crippen LogP contribution in [0.1, 0.15) is 31.2 Å². The molecule has 0 bridgehead atoms. The summed E-state index contributed by atoms with van der Waals surface area (Å²) >= 11 is 0. The lowest BCUT2D eigenvalue weighted by molar-refractivity contribution is -0.274. The Hall–Kier alpha value is -1.76. The fraction of sp³-hybridized carbons (Fsp3) is 0.562. The highest BCUT2D eigenvalue weighted by Gasteiger charge is 2.32. The van der Waals surface area contributed by atoms with E-state index in [4.69, 9.17) is 0 Å². The van der Waals surface area contributed by atoms with E-state index in [0.717, 1.165) is 32.2 Å². The molecule has 1 aromatic carbocycles. The second kappa shape index (κ2) is 7.68. The molecule has 0 aliphatic carbocycles. The van der Waals surface area contributed by atoms with Crippen molar-refractivity contribution in [3.05, 3.63) is 29.8 Å². The zero-order chi connectivity index (χ0) is 16.9. The lowest BCUT2D eigenvalue weighted by atomic mass is 10.1. The molecule has 1 saturated heterocycles. The Morgan fingerprint density at radius 3 is 2.78 bits per heavy atom. The van der Waals surface area contributed by atoms with Crippen LogP contribution in [0.5, 0.6) is 5.75 Å². The summed E-state index contributed by atoms with van der Waals surface area (Å²) in [6.45, 7) is 0.862. The zero-order valence-electron chi connectivity index (χ0n) is 13.0. The number of nitrogens with one attached hydrogen (secondary N) is 1. The highest BCUT2D eigenvalue weighted by molar-refractivity contribution is 5.81. The Balaban J connectivity index is 1.98. The molecule has 0 radical (unpaired) electrons. The Labute approximate surface area is 133 Å². The summed E-state index contributed by atoms with van der Waals surface area (Å²) in [6.07, 6.45) is -0.847. The first-order chi connectivity index (χ1) is 10.9. The number of alkyl halides is 3. The van der Waals surface area contributed by atoms with Crippen molar-refractivity contribution in [3.8, 4) is 5.75 Å². The number of amides is 1. The molecule has 0 spiro atoms. The third kappa shape index (κ3) is 5.42. The number of carbonyl (C=O) groups is 1. The number of hydrogen-bond acceptors (Lipinski definition) is 3. The van der Waals surface area contributed by atoms with E-state index in [1.165, 1.54) is 18.2 Å². The fourth-order valence-electron chi connectivity index (χ4n) is 2.76. The number of benzene rings is 1. The summed E-state index contributed by atoms with van der Waals surface area (Å²) in [6, 6.07) is 5.60. The van der Waals surface area contributed by atoms with Crippen molar-refractivity contribution in [2.75, 3.05) is 13.6 Å². The molecule has 1 aliphatic heterocycles. The Morgan fingerprint density at radius 2 is 2.04 bits per heavy atom. The average molecular weight is 330 g/mol. The van der Waals surface area contributed by atoms with E-state index < -0.39 is 6.36 Å². The molecular formula is C16H21F3N2O2. The molecule has 2 rings (SSSR count). The molecule has 0 unspecified atom stereocenters. The average Bonchev–Trinajstić information content (AvgIpc) is 2.69. The van der Waals surface area contributed by atoms with Crippen molar-refractivity contribution in [3.63, 3.8) is 0 Å². The molecule has 1 heterocycles. The lowest BCUT2D eigenvalue weighted by Crippen LogP contribution is -2.44. The monoisotopic (exact) mass is 330 g/mol. The van der Waals surface area contributed by atoms with E-state index in [1.807, 2.05) is 11.9 Å². The smallest absolute Gasteiger partial charge is 0.405 e. The van der Waals surface area contributed by atoms with Gasteiger partial charge in [0.25, 0.3) is 0 Å². The predicted octanol–water partition coefficient (Wildman–Crippen LogP) is 3.08. The van der Waals surface area contributed by atoms with Crippen molar-refractivity contribution < 1.29 is 22.7 Å². The molecule has 0 aromatic heterocycles. The van der Waals surface area contributed by atoms with Gasteiger partial charge in [-0.05, 0) is 32.5 Å². The Kier molecular flexibility index (Phi) is 5.87. The molecule has 0 saturated carbocycles. The highest BCUT2D eigenvalue weighted by atomic mass is 19.4. The van der Waals surface area contributed by atoms with E-state index >= 15 is 0 Å². The van der Waals surface area contributed by atoms with Crippen LogP contribution in [-0.4, -0.2) is 36.8 Å². The number of hydrogen-bond donors (Lipinski definition) is 1. The number of nitrogens with zero attached hydrogens (tertiary/aromatic N) is 1. The van der Waals surface area contributed by atoms with Crippen molar-refractivity contribution >= 4 is 5.91 Å². The maximum Gasteiger partial charge on any atom is 0.573 e. The van der Waals surface area contributed by atoms with Gasteiger partial charge in [0, 0.05) is 12.1 Å². The molecule has 1 N–H and O–H groups in total. The van der Waals surface area contributed by atoms with Gasteiger partial charge in [-0.25, -0.2) is 0 Å².